The lowest BCUT2D eigenvalue weighted by Gasteiger charge is -2.26. The molecule has 168 valence electrons. The van der Waals surface area contributed by atoms with E-state index in [9.17, 15) is 4.79 Å². The predicted molar refractivity (Wildman–Crippen MR) is 129 cm³/mol. The van der Waals surface area contributed by atoms with Crippen LogP contribution in [0.2, 0.25) is 0 Å². The minimum Gasteiger partial charge on any atom is -0.457 e. The average molecular weight is 441 g/mol. The van der Waals surface area contributed by atoms with Crippen molar-refractivity contribution in [3.05, 3.63) is 78.6 Å². The van der Waals surface area contributed by atoms with E-state index in [1.54, 1.807) is 17.3 Å². The number of rotatable bonds is 3. The summed E-state index contributed by atoms with van der Waals surface area (Å²) in [5, 5.41) is 0. The van der Waals surface area contributed by atoms with Gasteiger partial charge in [-0.3, -0.25) is 9.88 Å². The Hall–Kier alpha value is -3.78. The molecule has 1 atom stereocenters. The van der Waals surface area contributed by atoms with E-state index in [-0.39, 0.29) is 12.1 Å². The monoisotopic (exact) mass is 440 g/mol. The van der Waals surface area contributed by atoms with Crippen molar-refractivity contribution in [1.82, 2.24) is 9.88 Å². The summed E-state index contributed by atoms with van der Waals surface area (Å²) in [4.78, 5) is 18.6. The van der Waals surface area contributed by atoms with Crippen LogP contribution in [-0.2, 0) is 4.74 Å². The third-order valence-corrected chi connectivity index (χ3v) is 5.17. The van der Waals surface area contributed by atoms with Crippen molar-refractivity contribution in [2.45, 2.75) is 45.3 Å². The van der Waals surface area contributed by atoms with E-state index in [2.05, 4.69) is 16.8 Å². The lowest BCUT2D eigenvalue weighted by atomic mass is 10.0. The van der Waals surface area contributed by atoms with Crippen LogP contribution in [0.15, 0.2) is 73.1 Å². The summed E-state index contributed by atoms with van der Waals surface area (Å²) in [7, 11) is 0. The highest BCUT2D eigenvalue weighted by molar-refractivity contribution is 5.72. The summed E-state index contributed by atoms with van der Waals surface area (Å²) in [6.45, 7) is 6.28. The number of nitrogens with zero attached hydrogens (tertiary/aromatic N) is 2. The van der Waals surface area contributed by atoms with Gasteiger partial charge in [0, 0.05) is 35.6 Å². The smallest absolute Gasteiger partial charge is 0.411 e. The molecular formula is C28H28N2O3. The zero-order valence-electron chi connectivity index (χ0n) is 19.2. The zero-order valence-corrected chi connectivity index (χ0v) is 19.2. The third-order valence-electron chi connectivity index (χ3n) is 5.17. The average Bonchev–Trinajstić information content (AvgIpc) is 3.27. The van der Waals surface area contributed by atoms with Crippen molar-refractivity contribution < 1.29 is 14.3 Å². The van der Waals surface area contributed by atoms with Gasteiger partial charge >= 0.3 is 6.09 Å². The highest BCUT2D eigenvalue weighted by atomic mass is 16.6. The molecule has 0 aliphatic carbocycles. The van der Waals surface area contributed by atoms with Gasteiger partial charge in [0.25, 0.3) is 0 Å². The van der Waals surface area contributed by atoms with Crippen LogP contribution in [0.5, 0.6) is 11.5 Å². The third kappa shape index (κ3) is 5.93. The van der Waals surface area contributed by atoms with E-state index in [1.807, 2.05) is 81.4 Å². The molecule has 1 aromatic heterocycles. The van der Waals surface area contributed by atoms with Gasteiger partial charge in [0.1, 0.15) is 17.1 Å². The highest BCUT2D eigenvalue weighted by Gasteiger charge is 2.31. The summed E-state index contributed by atoms with van der Waals surface area (Å²) in [6.07, 6.45) is 5.00. The van der Waals surface area contributed by atoms with Gasteiger partial charge in [-0.2, -0.15) is 0 Å². The van der Waals surface area contributed by atoms with Gasteiger partial charge in [-0.1, -0.05) is 48.2 Å². The first kappa shape index (κ1) is 22.4. The molecule has 33 heavy (non-hydrogen) atoms. The van der Waals surface area contributed by atoms with Crippen molar-refractivity contribution in [3.63, 3.8) is 0 Å². The standard InChI is InChI=1S/C28H28N2O3/c1-28(2,3)33-27(31)30-17-9-10-23(30)16-15-21-18-22(20-29-19-21)25-13-7-8-14-26(25)32-24-11-5-4-6-12-24/h4-8,11-14,18-20,23H,9-10,17H2,1-3H3/t23-/m0/s1. The highest BCUT2D eigenvalue weighted by Crippen LogP contribution is 2.33. The molecule has 0 bridgehead atoms. The molecule has 1 aliphatic rings. The molecule has 1 amide bonds. The molecule has 0 spiro atoms. The number of likely N-dealkylation sites (tertiary alicyclic amines) is 1. The van der Waals surface area contributed by atoms with Crippen LogP contribution in [0.25, 0.3) is 11.1 Å². The van der Waals surface area contributed by atoms with Crippen LogP contribution in [0.3, 0.4) is 0 Å². The Balaban J connectivity index is 1.55. The topological polar surface area (TPSA) is 51.7 Å². The van der Waals surface area contributed by atoms with Gasteiger partial charge in [-0.05, 0) is 57.9 Å². The van der Waals surface area contributed by atoms with Gasteiger partial charge < -0.3 is 9.47 Å². The number of hydrogen-bond donors (Lipinski definition) is 0. The van der Waals surface area contributed by atoms with Crippen molar-refractivity contribution in [1.29, 1.82) is 0 Å². The summed E-state index contributed by atoms with van der Waals surface area (Å²) in [5.41, 5.74) is 2.13. The number of ether oxygens (including phenoxy) is 2. The second-order valence-corrected chi connectivity index (χ2v) is 8.97. The van der Waals surface area contributed by atoms with E-state index in [4.69, 9.17) is 9.47 Å². The van der Waals surface area contributed by atoms with Crippen LogP contribution >= 0.6 is 0 Å². The van der Waals surface area contributed by atoms with Gasteiger partial charge in [0.15, 0.2) is 0 Å². The molecule has 0 saturated carbocycles. The van der Waals surface area contributed by atoms with E-state index in [1.165, 1.54) is 0 Å². The molecule has 2 heterocycles. The number of para-hydroxylation sites is 2. The summed E-state index contributed by atoms with van der Waals surface area (Å²) in [5.74, 6) is 7.99. The Labute approximate surface area is 195 Å². The fourth-order valence-corrected chi connectivity index (χ4v) is 3.69. The first-order chi connectivity index (χ1) is 15.9. The number of benzene rings is 2. The van der Waals surface area contributed by atoms with Gasteiger partial charge in [-0.15, -0.1) is 0 Å². The van der Waals surface area contributed by atoms with Crippen LogP contribution in [0.1, 0.15) is 39.2 Å². The minimum absolute atomic E-state index is 0.155. The van der Waals surface area contributed by atoms with Crippen molar-refractivity contribution in [2.75, 3.05) is 6.54 Å². The lowest BCUT2D eigenvalue weighted by Crippen LogP contribution is -2.39. The largest absolute Gasteiger partial charge is 0.457 e. The van der Waals surface area contributed by atoms with Crippen molar-refractivity contribution in [3.8, 4) is 34.5 Å². The molecule has 5 heteroatoms. The maximum absolute atomic E-state index is 12.5. The number of pyridine rings is 1. The molecule has 1 fully saturated rings. The lowest BCUT2D eigenvalue weighted by molar-refractivity contribution is 0.0261. The molecule has 1 aliphatic heterocycles. The molecule has 2 aromatic carbocycles. The minimum atomic E-state index is -0.523. The quantitative estimate of drug-likeness (QED) is 0.449. The van der Waals surface area contributed by atoms with E-state index in [0.717, 1.165) is 41.0 Å². The number of aromatic nitrogens is 1. The fourth-order valence-electron chi connectivity index (χ4n) is 3.69. The summed E-state index contributed by atoms with van der Waals surface area (Å²) < 4.78 is 11.6. The summed E-state index contributed by atoms with van der Waals surface area (Å²) in [6, 6.07) is 19.4. The number of carbonyl (C=O) groups is 1. The molecule has 4 rings (SSSR count). The normalized spacial score (nSPS) is 15.5. The predicted octanol–water partition coefficient (Wildman–Crippen LogP) is 6.29. The van der Waals surface area contributed by atoms with E-state index in [0.29, 0.717) is 6.54 Å². The number of hydrogen-bond acceptors (Lipinski definition) is 4. The molecule has 5 nitrogen and oxygen atoms in total. The van der Waals surface area contributed by atoms with Crippen molar-refractivity contribution in [2.24, 2.45) is 0 Å². The summed E-state index contributed by atoms with van der Waals surface area (Å²) >= 11 is 0. The molecule has 0 N–H and O–H groups in total. The Morgan fingerprint density at radius 1 is 1.06 bits per heavy atom. The van der Waals surface area contributed by atoms with Crippen LogP contribution < -0.4 is 4.74 Å². The SMILES string of the molecule is CC(C)(C)OC(=O)N1CCC[C@H]1C#Cc1cncc(-c2ccccc2Oc2ccccc2)c1. The van der Waals surface area contributed by atoms with Crippen LogP contribution in [0, 0.1) is 11.8 Å². The second kappa shape index (κ2) is 9.79. The van der Waals surface area contributed by atoms with Crippen LogP contribution in [-0.4, -0.2) is 34.2 Å². The molecule has 0 radical (unpaired) electrons. The first-order valence-corrected chi connectivity index (χ1v) is 11.2. The Bertz CT molecular complexity index is 1170. The number of amides is 1. The van der Waals surface area contributed by atoms with E-state index < -0.39 is 5.60 Å². The molecule has 1 saturated heterocycles. The molecule has 0 unspecified atom stereocenters. The van der Waals surface area contributed by atoms with E-state index >= 15 is 0 Å². The molecule has 3 aromatic rings. The second-order valence-electron chi connectivity index (χ2n) is 8.97. The maximum atomic E-state index is 12.5. The first-order valence-electron chi connectivity index (χ1n) is 11.2. The van der Waals surface area contributed by atoms with Crippen LogP contribution in [0.4, 0.5) is 4.79 Å². The fraction of sp³-hybridized carbons (Fsp3) is 0.286. The number of carbonyl (C=O) groups excluding carboxylic acids is 1. The Morgan fingerprint density at radius 3 is 2.61 bits per heavy atom. The van der Waals surface area contributed by atoms with Gasteiger partial charge in [0.05, 0.1) is 6.04 Å². The Morgan fingerprint density at radius 2 is 1.82 bits per heavy atom. The van der Waals surface area contributed by atoms with Gasteiger partial charge in [-0.25, -0.2) is 4.79 Å². The maximum Gasteiger partial charge on any atom is 0.411 e. The molecular weight excluding hydrogens is 412 g/mol. The van der Waals surface area contributed by atoms with Gasteiger partial charge in [0.2, 0.25) is 0 Å². The van der Waals surface area contributed by atoms with Crippen molar-refractivity contribution >= 4 is 6.09 Å². The zero-order chi connectivity index (χ0) is 23.3. The Kier molecular flexibility index (Phi) is 6.65.